The molecule has 0 saturated carbocycles. The number of nitrogens with one attached hydrogen (secondary N) is 1. The molecular weight excluding hydrogens is 257 g/mol. The zero-order valence-corrected chi connectivity index (χ0v) is 10.2. The molecule has 1 N–H and O–H groups in total. The normalized spacial score (nSPS) is 21.6. The summed E-state index contributed by atoms with van der Waals surface area (Å²) in [5.41, 5.74) is 1.99. The van der Waals surface area contributed by atoms with E-state index < -0.39 is 6.67 Å². The van der Waals surface area contributed by atoms with Crippen molar-refractivity contribution in [3.8, 4) is 0 Å². The lowest BCUT2D eigenvalue weighted by Crippen LogP contribution is -2.26. The van der Waals surface area contributed by atoms with Crippen molar-refractivity contribution >= 4 is 15.9 Å². The molecule has 0 amide bonds. The number of piperidine rings is 1. The Morgan fingerprint density at radius 1 is 1.40 bits per heavy atom. The van der Waals surface area contributed by atoms with E-state index in [1.807, 2.05) is 18.2 Å². The lowest BCUT2D eigenvalue weighted by atomic mass is 9.97. The summed E-state index contributed by atoms with van der Waals surface area (Å²) in [5.74, 6) is 0. The van der Waals surface area contributed by atoms with Gasteiger partial charge in [0, 0.05) is 10.5 Å². The van der Waals surface area contributed by atoms with E-state index in [4.69, 9.17) is 0 Å². The molecule has 2 rings (SSSR count). The Labute approximate surface area is 98.2 Å². The first kappa shape index (κ1) is 11.1. The number of alkyl halides is 1. The minimum atomic E-state index is -0.404. The molecule has 1 heterocycles. The van der Waals surface area contributed by atoms with Crippen molar-refractivity contribution in [2.24, 2.45) is 0 Å². The fourth-order valence-electron chi connectivity index (χ4n) is 2.03. The van der Waals surface area contributed by atoms with Gasteiger partial charge in [0.05, 0.1) is 0 Å². The van der Waals surface area contributed by atoms with Gasteiger partial charge in [-0.05, 0) is 36.6 Å². The Balaban J connectivity index is 2.17. The first-order valence-corrected chi connectivity index (χ1v) is 6.18. The quantitative estimate of drug-likeness (QED) is 0.864. The van der Waals surface area contributed by atoms with Gasteiger partial charge in [-0.25, -0.2) is 4.39 Å². The summed E-state index contributed by atoms with van der Waals surface area (Å²) in [6, 6.07) is 6.39. The van der Waals surface area contributed by atoms with Gasteiger partial charge in [0.1, 0.15) is 6.67 Å². The van der Waals surface area contributed by atoms with Crippen molar-refractivity contribution in [1.29, 1.82) is 0 Å². The molecule has 0 radical (unpaired) electrons. The summed E-state index contributed by atoms with van der Waals surface area (Å²) >= 11 is 3.41. The zero-order valence-electron chi connectivity index (χ0n) is 8.60. The third-order valence-electron chi connectivity index (χ3n) is 2.93. The maximum atomic E-state index is 12.5. The van der Waals surface area contributed by atoms with E-state index >= 15 is 0 Å². The molecule has 1 fully saturated rings. The van der Waals surface area contributed by atoms with Gasteiger partial charge < -0.3 is 5.32 Å². The zero-order chi connectivity index (χ0) is 10.7. The number of rotatable bonds is 2. The third kappa shape index (κ3) is 2.58. The predicted octanol–water partition coefficient (Wildman–Crippen LogP) is 3.73. The smallest absolute Gasteiger partial charge is 0.116 e. The molecule has 1 nitrogen and oxygen atoms in total. The van der Waals surface area contributed by atoms with E-state index in [-0.39, 0.29) is 0 Å². The van der Waals surface area contributed by atoms with Crippen LogP contribution >= 0.6 is 15.9 Å². The number of benzene rings is 1. The molecular formula is C12H15BrFN. The Morgan fingerprint density at radius 2 is 2.27 bits per heavy atom. The van der Waals surface area contributed by atoms with Crippen LogP contribution in [0.25, 0.3) is 0 Å². The Hall–Kier alpha value is -0.410. The molecule has 1 aromatic carbocycles. The van der Waals surface area contributed by atoms with Crippen LogP contribution in [0.3, 0.4) is 0 Å². The summed E-state index contributed by atoms with van der Waals surface area (Å²) in [6.45, 7) is 0.687. The molecule has 0 spiro atoms. The first-order valence-electron chi connectivity index (χ1n) is 5.39. The topological polar surface area (TPSA) is 12.0 Å². The van der Waals surface area contributed by atoms with E-state index in [1.54, 1.807) is 0 Å². The van der Waals surface area contributed by atoms with Crippen LogP contribution in [0.15, 0.2) is 22.7 Å². The summed E-state index contributed by atoms with van der Waals surface area (Å²) in [7, 11) is 0. The molecule has 1 aromatic rings. The van der Waals surface area contributed by atoms with Gasteiger partial charge in [-0.3, -0.25) is 0 Å². The monoisotopic (exact) mass is 271 g/mol. The van der Waals surface area contributed by atoms with Gasteiger partial charge in [0.25, 0.3) is 0 Å². The number of halogens is 2. The summed E-state index contributed by atoms with van der Waals surface area (Å²) < 4.78 is 13.4. The van der Waals surface area contributed by atoms with Crippen LogP contribution in [-0.2, 0) is 6.67 Å². The van der Waals surface area contributed by atoms with Gasteiger partial charge in [0.15, 0.2) is 0 Å². The third-order valence-corrected chi connectivity index (χ3v) is 3.67. The summed E-state index contributed by atoms with van der Waals surface area (Å²) in [6.07, 6.45) is 3.72. The molecule has 1 aliphatic rings. The van der Waals surface area contributed by atoms with Crippen LogP contribution in [-0.4, -0.2) is 6.54 Å². The van der Waals surface area contributed by atoms with Crippen molar-refractivity contribution in [2.45, 2.75) is 32.0 Å². The molecule has 1 unspecified atom stereocenters. The van der Waals surface area contributed by atoms with Crippen LogP contribution in [0.1, 0.15) is 36.4 Å². The molecule has 3 heteroatoms. The molecule has 0 aromatic heterocycles. The van der Waals surface area contributed by atoms with E-state index in [0.29, 0.717) is 6.04 Å². The van der Waals surface area contributed by atoms with Crippen molar-refractivity contribution in [2.75, 3.05) is 6.54 Å². The highest BCUT2D eigenvalue weighted by molar-refractivity contribution is 9.10. The fraction of sp³-hybridized carbons (Fsp3) is 0.500. The highest BCUT2D eigenvalue weighted by Gasteiger charge is 2.15. The molecule has 1 saturated heterocycles. The summed E-state index contributed by atoms with van der Waals surface area (Å²) in [4.78, 5) is 0. The van der Waals surface area contributed by atoms with Gasteiger partial charge in [0.2, 0.25) is 0 Å². The van der Waals surface area contributed by atoms with Crippen molar-refractivity contribution in [3.63, 3.8) is 0 Å². The first-order chi connectivity index (χ1) is 7.31. The average molecular weight is 272 g/mol. The van der Waals surface area contributed by atoms with Gasteiger partial charge in [-0.15, -0.1) is 0 Å². The van der Waals surface area contributed by atoms with E-state index in [9.17, 15) is 4.39 Å². The minimum absolute atomic E-state index is 0.404. The molecule has 1 aliphatic heterocycles. The maximum absolute atomic E-state index is 12.5. The molecule has 0 aliphatic carbocycles. The number of hydrogen-bond donors (Lipinski definition) is 1. The highest BCUT2D eigenvalue weighted by Crippen LogP contribution is 2.27. The predicted molar refractivity (Wildman–Crippen MR) is 63.5 cm³/mol. The Kier molecular flexibility index (Phi) is 3.76. The van der Waals surface area contributed by atoms with Crippen LogP contribution in [0.4, 0.5) is 4.39 Å². The van der Waals surface area contributed by atoms with Crippen LogP contribution in [0.5, 0.6) is 0 Å². The standard InChI is InChI=1S/C12H15BrFN/c13-11-7-9(4-5-10(11)8-14)12-3-1-2-6-15-12/h4-5,7,12,15H,1-3,6,8H2. The van der Waals surface area contributed by atoms with E-state index in [1.165, 1.54) is 24.8 Å². The van der Waals surface area contributed by atoms with Crippen molar-refractivity contribution < 1.29 is 4.39 Å². The second-order valence-electron chi connectivity index (χ2n) is 3.99. The average Bonchev–Trinajstić information content (AvgIpc) is 2.30. The van der Waals surface area contributed by atoms with Crippen LogP contribution < -0.4 is 5.32 Å². The second-order valence-corrected chi connectivity index (χ2v) is 4.84. The maximum Gasteiger partial charge on any atom is 0.116 e. The molecule has 82 valence electrons. The van der Waals surface area contributed by atoms with Crippen LogP contribution in [0, 0.1) is 0 Å². The SMILES string of the molecule is FCc1ccc(C2CCCCN2)cc1Br. The molecule has 0 bridgehead atoms. The Bertz CT molecular complexity index is 334. The Morgan fingerprint density at radius 3 is 2.87 bits per heavy atom. The van der Waals surface area contributed by atoms with Gasteiger partial charge >= 0.3 is 0 Å². The van der Waals surface area contributed by atoms with Gasteiger partial charge in [-0.1, -0.05) is 34.5 Å². The van der Waals surface area contributed by atoms with Crippen LogP contribution in [0.2, 0.25) is 0 Å². The lowest BCUT2D eigenvalue weighted by molar-refractivity contribution is 0.412. The largest absolute Gasteiger partial charge is 0.310 e. The molecule has 1 atom stereocenters. The molecule has 15 heavy (non-hydrogen) atoms. The highest BCUT2D eigenvalue weighted by atomic mass is 79.9. The fourth-order valence-corrected chi connectivity index (χ4v) is 2.53. The van der Waals surface area contributed by atoms with Crippen molar-refractivity contribution in [3.05, 3.63) is 33.8 Å². The minimum Gasteiger partial charge on any atom is -0.310 e. The second kappa shape index (κ2) is 5.08. The van der Waals surface area contributed by atoms with Gasteiger partial charge in [-0.2, -0.15) is 0 Å². The lowest BCUT2D eigenvalue weighted by Gasteiger charge is -2.24. The van der Waals surface area contributed by atoms with E-state index in [0.717, 1.165) is 16.6 Å². The summed E-state index contributed by atoms with van der Waals surface area (Å²) in [5, 5.41) is 3.49. The van der Waals surface area contributed by atoms with Crippen molar-refractivity contribution in [1.82, 2.24) is 5.32 Å². The van der Waals surface area contributed by atoms with E-state index in [2.05, 4.69) is 21.2 Å². The number of hydrogen-bond acceptors (Lipinski definition) is 1.